The van der Waals surface area contributed by atoms with E-state index in [-0.39, 0.29) is 12.4 Å². The molecule has 8 heteroatoms. The van der Waals surface area contributed by atoms with Gasteiger partial charge in [0.1, 0.15) is 11.5 Å². The first-order valence-corrected chi connectivity index (χ1v) is 10.2. The molecule has 0 aliphatic rings. The first-order chi connectivity index (χ1) is 14.9. The lowest BCUT2D eigenvalue weighted by Gasteiger charge is -2.08. The van der Waals surface area contributed by atoms with Gasteiger partial charge in [-0.05, 0) is 61.9 Å². The average Bonchev–Trinajstić information content (AvgIpc) is 2.73. The summed E-state index contributed by atoms with van der Waals surface area (Å²) in [7, 11) is 0. The summed E-state index contributed by atoms with van der Waals surface area (Å²) >= 11 is 3.38. The third-order valence-corrected chi connectivity index (χ3v) is 4.68. The van der Waals surface area contributed by atoms with Crippen LogP contribution in [0.5, 0.6) is 11.5 Å². The molecule has 3 aromatic carbocycles. The van der Waals surface area contributed by atoms with Crippen LogP contribution in [-0.2, 0) is 4.79 Å². The minimum atomic E-state index is -0.416. The molecule has 0 unspecified atom stereocenters. The summed E-state index contributed by atoms with van der Waals surface area (Å²) in [6.45, 7) is 3.74. The molecule has 0 spiro atoms. The van der Waals surface area contributed by atoms with E-state index in [2.05, 4.69) is 36.7 Å². The number of hydrogen-bond donors (Lipinski definition) is 2. The number of azo groups is 1. The maximum absolute atomic E-state index is 12.0. The van der Waals surface area contributed by atoms with Crippen molar-refractivity contribution < 1.29 is 14.6 Å². The minimum Gasteiger partial charge on any atom is -0.507 e. The molecular formula is C23H21BrN4O3. The zero-order valence-electron chi connectivity index (χ0n) is 17.0. The molecule has 0 aliphatic carbocycles. The van der Waals surface area contributed by atoms with Crippen molar-refractivity contribution in [2.45, 2.75) is 13.8 Å². The van der Waals surface area contributed by atoms with Crippen LogP contribution in [0.2, 0.25) is 0 Å². The maximum atomic E-state index is 12.0. The predicted molar refractivity (Wildman–Crippen MR) is 124 cm³/mol. The summed E-state index contributed by atoms with van der Waals surface area (Å²) in [5.74, 6) is 0.234. The van der Waals surface area contributed by atoms with Crippen LogP contribution in [0.25, 0.3) is 0 Å². The molecule has 158 valence electrons. The first-order valence-electron chi connectivity index (χ1n) is 9.43. The third-order valence-electron chi connectivity index (χ3n) is 4.18. The van der Waals surface area contributed by atoms with Gasteiger partial charge in [-0.1, -0.05) is 39.7 Å². The van der Waals surface area contributed by atoms with Crippen molar-refractivity contribution in [1.82, 2.24) is 5.43 Å². The Hall–Kier alpha value is -3.52. The monoisotopic (exact) mass is 480 g/mol. The van der Waals surface area contributed by atoms with Crippen LogP contribution >= 0.6 is 15.9 Å². The molecule has 0 atom stereocenters. The third kappa shape index (κ3) is 6.75. The van der Waals surface area contributed by atoms with Crippen LogP contribution in [-0.4, -0.2) is 23.8 Å². The number of halogens is 1. The average molecular weight is 481 g/mol. The molecule has 3 rings (SSSR count). The number of carbonyl (C=O) groups is 1. The molecule has 0 saturated heterocycles. The van der Waals surface area contributed by atoms with E-state index in [4.69, 9.17) is 4.74 Å². The molecule has 31 heavy (non-hydrogen) atoms. The highest BCUT2D eigenvalue weighted by Gasteiger charge is 2.05. The molecule has 0 heterocycles. The number of rotatable bonds is 7. The van der Waals surface area contributed by atoms with Crippen molar-refractivity contribution in [1.29, 1.82) is 0 Å². The molecule has 0 fully saturated rings. The zero-order valence-corrected chi connectivity index (χ0v) is 18.6. The summed E-state index contributed by atoms with van der Waals surface area (Å²) in [5, 5.41) is 22.2. The Kier molecular flexibility index (Phi) is 7.50. The lowest BCUT2D eigenvalue weighted by Crippen LogP contribution is -2.24. The number of phenolic OH excluding ortho intramolecular Hbond substituents is 1. The van der Waals surface area contributed by atoms with Crippen LogP contribution in [0.3, 0.4) is 0 Å². The number of ether oxygens (including phenoxy) is 1. The Bertz CT molecular complexity index is 1150. The van der Waals surface area contributed by atoms with Gasteiger partial charge in [0.15, 0.2) is 6.61 Å². The standard InChI is InChI=1S/C23H21BrN4O3/c1-15-6-9-22(16(2)10-15)31-14-23(30)28-25-13-17-11-20(7-8-21(17)29)27-26-19-5-3-4-18(24)12-19/h3-13,29H,14H2,1-2H3,(H,28,30)/b25-13-,27-26?. The normalized spacial score (nSPS) is 11.2. The molecular weight excluding hydrogens is 460 g/mol. The van der Waals surface area contributed by atoms with Crippen molar-refractivity contribution in [2.75, 3.05) is 6.61 Å². The molecule has 1 amide bonds. The van der Waals surface area contributed by atoms with E-state index >= 15 is 0 Å². The number of carbonyl (C=O) groups excluding carboxylic acids is 1. The Balaban J connectivity index is 1.58. The Morgan fingerprint density at radius 3 is 2.58 bits per heavy atom. The molecule has 3 aromatic rings. The highest BCUT2D eigenvalue weighted by atomic mass is 79.9. The SMILES string of the molecule is Cc1ccc(OCC(=O)N/N=C\c2cc(N=Nc3cccc(Br)c3)ccc2O)c(C)c1. The van der Waals surface area contributed by atoms with E-state index in [0.29, 0.717) is 22.7 Å². The number of phenols is 1. The van der Waals surface area contributed by atoms with Crippen LogP contribution in [0.1, 0.15) is 16.7 Å². The van der Waals surface area contributed by atoms with Crippen LogP contribution < -0.4 is 10.2 Å². The zero-order chi connectivity index (χ0) is 22.2. The van der Waals surface area contributed by atoms with Crippen molar-refractivity contribution in [3.05, 3.63) is 81.8 Å². The highest BCUT2D eigenvalue weighted by Crippen LogP contribution is 2.25. The van der Waals surface area contributed by atoms with E-state index in [1.807, 2.05) is 56.3 Å². The van der Waals surface area contributed by atoms with Crippen LogP contribution in [0, 0.1) is 13.8 Å². The highest BCUT2D eigenvalue weighted by molar-refractivity contribution is 9.10. The number of amides is 1. The van der Waals surface area contributed by atoms with Crippen molar-refractivity contribution in [3.8, 4) is 11.5 Å². The molecule has 0 aromatic heterocycles. The fourth-order valence-electron chi connectivity index (χ4n) is 2.67. The number of nitrogens with zero attached hydrogens (tertiary/aromatic N) is 3. The molecule has 0 bridgehead atoms. The van der Waals surface area contributed by atoms with Crippen molar-refractivity contribution in [2.24, 2.45) is 15.3 Å². The van der Waals surface area contributed by atoms with Gasteiger partial charge in [-0.25, -0.2) is 5.43 Å². The van der Waals surface area contributed by atoms with Crippen LogP contribution in [0.15, 0.2) is 80.5 Å². The fourth-order valence-corrected chi connectivity index (χ4v) is 3.06. The van der Waals surface area contributed by atoms with Gasteiger partial charge in [0.05, 0.1) is 17.6 Å². The second-order valence-electron chi connectivity index (χ2n) is 6.77. The first kappa shape index (κ1) is 22.2. The van der Waals surface area contributed by atoms with Crippen molar-refractivity contribution >= 4 is 39.4 Å². The summed E-state index contributed by atoms with van der Waals surface area (Å²) in [4.78, 5) is 12.0. The second kappa shape index (κ2) is 10.5. The number of nitrogens with one attached hydrogen (secondary N) is 1. The predicted octanol–water partition coefficient (Wildman–Crippen LogP) is 5.72. The summed E-state index contributed by atoms with van der Waals surface area (Å²) in [5.41, 5.74) is 6.06. The number of aryl methyl sites for hydroxylation is 2. The van der Waals surface area contributed by atoms with E-state index in [1.54, 1.807) is 12.1 Å². The van der Waals surface area contributed by atoms with Crippen molar-refractivity contribution in [3.63, 3.8) is 0 Å². The molecule has 0 saturated carbocycles. The fraction of sp³-hybridized carbons (Fsp3) is 0.130. The van der Waals surface area contributed by atoms with Gasteiger partial charge < -0.3 is 9.84 Å². The summed E-state index contributed by atoms with van der Waals surface area (Å²) in [6, 6.07) is 17.9. The summed E-state index contributed by atoms with van der Waals surface area (Å²) < 4.78 is 6.42. The lowest BCUT2D eigenvalue weighted by molar-refractivity contribution is -0.123. The maximum Gasteiger partial charge on any atom is 0.277 e. The van der Waals surface area contributed by atoms with Gasteiger partial charge in [-0.15, -0.1) is 0 Å². The smallest absolute Gasteiger partial charge is 0.277 e. The van der Waals surface area contributed by atoms with Gasteiger partial charge in [0.25, 0.3) is 5.91 Å². The largest absolute Gasteiger partial charge is 0.507 e. The van der Waals surface area contributed by atoms with E-state index < -0.39 is 5.91 Å². The molecule has 0 aliphatic heterocycles. The van der Waals surface area contributed by atoms with Gasteiger partial charge in [0, 0.05) is 10.0 Å². The van der Waals surface area contributed by atoms with E-state index in [1.165, 1.54) is 12.3 Å². The van der Waals surface area contributed by atoms with Gasteiger partial charge in [-0.3, -0.25) is 4.79 Å². The number of hydrogen-bond acceptors (Lipinski definition) is 6. The van der Waals surface area contributed by atoms with Gasteiger partial charge in [0.2, 0.25) is 0 Å². The molecule has 0 radical (unpaired) electrons. The van der Waals surface area contributed by atoms with Gasteiger partial charge >= 0.3 is 0 Å². The van der Waals surface area contributed by atoms with E-state index in [0.717, 1.165) is 15.6 Å². The lowest BCUT2D eigenvalue weighted by atomic mass is 10.1. The minimum absolute atomic E-state index is 0.00550. The number of hydrazone groups is 1. The Morgan fingerprint density at radius 1 is 1.06 bits per heavy atom. The van der Waals surface area contributed by atoms with Gasteiger partial charge in [-0.2, -0.15) is 15.3 Å². The number of benzene rings is 3. The Labute approximate surface area is 188 Å². The topological polar surface area (TPSA) is 95.6 Å². The number of aromatic hydroxyl groups is 1. The van der Waals surface area contributed by atoms with E-state index in [9.17, 15) is 9.90 Å². The second-order valence-corrected chi connectivity index (χ2v) is 7.69. The molecule has 7 nitrogen and oxygen atoms in total. The Morgan fingerprint density at radius 2 is 1.84 bits per heavy atom. The molecule has 2 N–H and O–H groups in total. The van der Waals surface area contributed by atoms with Crippen LogP contribution in [0.4, 0.5) is 11.4 Å². The quantitative estimate of drug-likeness (QED) is 0.257. The summed E-state index contributed by atoms with van der Waals surface area (Å²) in [6.07, 6.45) is 1.34.